The Balaban J connectivity index is 1.54. The minimum atomic E-state index is -0.863. The molecule has 0 radical (unpaired) electrons. The average molecular weight is 506 g/mol. The Morgan fingerprint density at radius 2 is 1.68 bits per heavy atom. The molecule has 0 aromatic heterocycles. The number of fused-ring (bicyclic) bond motifs is 3. The molecule has 0 spiro atoms. The Bertz CT molecular complexity index is 1500. The molecule has 1 saturated heterocycles. The molecule has 38 heavy (non-hydrogen) atoms. The minimum Gasteiger partial charge on any atom is -0.497 e. The molecular weight excluding hydrogens is 474 g/mol. The van der Waals surface area contributed by atoms with Crippen molar-refractivity contribution in [3.63, 3.8) is 0 Å². The van der Waals surface area contributed by atoms with Gasteiger partial charge in [0.25, 0.3) is 0 Å². The van der Waals surface area contributed by atoms with Gasteiger partial charge < -0.3 is 19.1 Å². The van der Waals surface area contributed by atoms with Crippen LogP contribution >= 0.6 is 0 Å². The Kier molecular flexibility index (Phi) is 6.28. The van der Waals surface area contributed by atoms with Crippen LogP contribution in [0.5, 0.6) is 11.5 Å². The van der Waals surface area contributed by atoms with Crippen LogP contribution in [-0.2, 0) is 10.3 Å². The molecule has 5 nitrogen and oxygen atoms in total. The number of anilines is 1. The van der Waals surface area contributed by atoms with E-state index in [1.165, 1.54) is 18.5 Å². The van der Waals surface area contributed by atoms with Gasteiger partial charge in [0.1, 0.15) is 11.5 Å². The van der Waals surface area contributed by atoms with Crippen LogP contribution < -0.4 is 14.4 Å². The number of rotatable bonds is 6. The second kappa shape index (κ2) is 9.90. The standard InChI is InChI=1S/C33H31NO4/c1-3-37-32(35)30-22-23-21-27(36-2)15-16-28(23)31-29(30)17-18-33(38-31,24-9-5-4-6-10-24)25-11-13-26(14-12-25)34-19-7-8-20-34/h4-6,9-18,21-22H,3,7-8,19-20H2,1-2H3. The van der Waals surface area contributed by atoms with Crippen molar-refractivity contribution in [2.24, 2.45) is 0 Å². The molecule has 0 bridgehead atoms. The first-order valence-corrected chi connectivity index (χ1v) is 13.2. The number of hydrogen-bond donors (Lipinski definition) is 0. The van der Waals surface area contributed by atoms with E-state index in [9.17, 15) is 4.79 Å². The molecule has 1 unspecified atom stereocenters. The normalized spacial score (nSPS) is 18.2. The summed E-state index contributed by atoms with van der Waals surface area (Å²) in [5.74, 6) is 0.998. The SMILES string of the molecule is CCOC(=O)c1cc2cc(OC)ccc2c2c1C=CC(c1ccccc1)(c1ccc(N3CCCC3)cc1)O2. The fourth-order valence-electron chi connectivity index (χ4n) is 5.60. The van der Waals surface area contributed by atoms with E-state index in [2.05, 4.69) is 47.4 Å². The third kappa shape index (κ3) is 4.08. The zero-order chi connectivity index (χ0) is 26.1. The van der Waals surface area contributed by atoms with Gasteiger partial charge in [-0.3, -0.25) is 0 Å². The van der Waals surface area contributed by atoms with E-state index in [1.807, 2.05) is 55.5 Å². The van der Waals surface area contributed by atoms with Crippen molar-refractivity contribution in [3.05, 3.63) is 107 Å². The fourth-order valence-corrected chi connectivity index (χ4v) is 5.60. The molecular formula is C33H31NO4. The fraction of sp³-hybridized carbons (Fsp3) is 0.242. The topological polar surface area (TPSA) is 48.0 Å². The van der Waals surface area contributed by atoms with Crippen LogP contribution in [0.1, 0.15) is 46.8 Å². The molecule has 1 fully saturated rings. The number of carbonyl (C=O) groups is 1. The first-order chi connectivity index (χ1) is 18.6. The molecule has 2 aliphatic heterocycles. The van der Waals surface area contributed by atoms with Gasteiger partial charge in [0.05, 0.1) is 19.3 Å². The molecule has 5 heteroatoms. The van der Waals surface area contributed by atoms with Gasteiger partial charge in [-0.05, 0) is 73.7 Å². The van der Waals surface area contributed by atoms with Crippen molar-refractivity contribution in [1.29, 1.82) is 0 Å². The highest BCUT2D eigenvalue weighted by Crippen LogP contribution is 2.47. The lowest BCUT2D eigenvalue weighted by Crippen LogP contribution is -2.34. The van der Waals surface area contributed by atoms with Crippen LogP contribution in [0.25, 0.3) is 16.8 Å². The van der Waals surface area contributed by atoms with Crippen molar-refractivity contribution < 1.29 is 19.0 Å². The second-order valence-electron chi connectivity index (χ2n) is 9.75. The zero-order valence-electron chi connectivity index (χ0n) is 21.8. The summed E-state index contributed by atoms with van der Waals surface area (Å²) in [5.41, 5.74) is 3.61. The smallest absolute Gasteiger partial charge is 0.338 e. The highest BCUT2D eigenvalue weighted by molar-refractivity contribution is 6.04. The summed E-state index contributed by atoms with van der Waals surface area (Å²) >= 11 is 0. The molecule has 1 atom stereocenters. The van der Waals surface area contributed by atoms with Crippen LogP contribution in [0.2, 0.25) is 0 Å². The minimum absolute atomic E-state index is 0.297. The maximum absolute atomic E-state index is 13.0. The molecule has 0 aliphatic carbocycles. The van der Waals surface area contributed by atoms with Gasteiger partial charge in [-0.1, -0.05) is 42.5 Å². The van der Waals surface area contributed by atoms with Crippen LogP contribution in [0.15, 0.2) is 84.9 Å². The van der Waals surface area contributed by atoms with Gasteiger partial charge >= 0.3 is 5.97 Å². The molecule has 0 N–H and O–H groups in total. The van der Waals surface area contributed by atoms with Crippen LogP contribution in [0.3, 0.4) is 0 Å². The van der Waals surface area contributed by atoms with Crippen LogP contribution in [0.4, 0.5) is 5.69 Å². The predicted octanol–water partition coefficient (Wildman–Crippen LogP) is 6.97. The lowest BCUT2D eigenvalue weighted by atomic mass is 9.82. The summed E-state index contributed by atoms with van der Waals surface area (Å²) in [4.78, 5) is 15.5. The van der Waals surface area contributed by atoms with Crippen LogP contribution in [-0.4, -0.2) is 32.8 Å². The molecule has 4 aromatic carbocycles. The highest BCUT2D eigenvalue weighted by atomic mass is 16.5. The molecule has 192 valence electrons. The van der Waals surface area contributed by atoms with E-state index in [-0.39, 0.29) is 5.97 Å². The van der Waals surface area contributed by atoms with Gasteiger partial charge in [-0.2, -0.15) is 0 Å². The molecule has 2 aliphatic rings. The van der Waals surface area contributed by atoms with E-state index < -0.39 is 5.60 Å². The first-order valence-electron chi connectivity index (χ1n) is 13.2. The van der Waals surface area contributed by atoms with E-state index in [0.29, 0.717) is 23.7 Å². The lowest BCUT2D eigenvalue weighted by Gasteiger charge is -2.37. The summed E-state index contributed by atoms with van der Waals surface area (Å²) in [6.07, 6.45) is 6.54. The van der Waals surface area contributed by atoms with Gasteiger partial charge in [0.2, 0.25) is 0 Å². The Hall–Kier alpha value is -4.25. The number of carbonyl (C=O) groups excluding carboxylic acids is 1. The summed E-state index contributed by atoms with van der Waals surface area (Å²) in [7, 11) is 1.64. The summed E-state index contributed by atoms with van der Waals surface area (Å²) in [5, 5.41) is 1.76. The van der Waals surface area contributed by atoms with Crippen molar-refractivity contribution >= 4 is 28.5 Å². The monoisotopic (exact) mass is 505 g/mol. The Morgan fingerprint density at radius 1 is 0.947 bits per heavy atom. The van der Waals surface area contributed by atoms with Gasteiger partial charge in [0.15, 0.2) is 5.60 Å². The van der Waals surface area contributed by atoms with Gasteiger partial charge in [-0.25, -0.2) is 4.79 Å². The molecule has 4 aromatic rings. The largest absolute Gasteiger partial charge is 0.497 e. The Labute approximate surface area is 223 Å². The van der Waals surface area contributed by atoms with Crippen LogP contribution in [0, 0.1) is 0 Å². The number of benzene rings is 4. The Morgan fingerprint density at radius 3 is 2.39 bits per heavy atom. The lowest BCUT2D eigenvalue weighted by molar-refractivity contribution is 0.0525. The second-order valence-corrected chi connectivity index (χ2v) is 9.75. The molecule has 0 saturated carbocycles. The summed E-state index contributed by atoms with van der Waals surface area (Å²) in [6, 6.07) is 26.7. The third-order valence-corrected chi connectivity index (χ3v) is 7.55. The van der Waals surface area contributed by atoms with E-state index in [0.717, 1.165) is 40.6 Å². The number of esters is 1. The number of methoxy groups -OCH3 is 1. The predicted molar refractivity (Wildman–Crippen MR) is 151 cm³/mol. The third-order valence-electron chi connectivity index (χ3n) is 7.55. The van der Waals surface area contributed by atoms with Gasteiger partial charge in [0, 0.05) is 40.9 Å². The van der Waals surface area contributed by atoms with Crippen molar-refractivity contribution in [3.8, 4) is 11.5 Å². The van der Waals surface area contributed by atoms with E-state index in [4.69, 9.17) is 14.2 Å². The number of nitrogens with zero attached hydrogens (tertiary/aromatic N) is 1. The molecule has 2 heterocycles. The maximum Gasteiger partial charge on any atom is 0.338 e. The van der Waals surface area contributed by atoms with Gasteiger partial charge in [-0.15, -0.1) is 0 Å². The average Bonchev–Trinajstić information content (AvgIpc) is 3.52. The van der Waals surface area contributed by atoms with Crippen molar-refractivity contribution in [2.75, 3.05) is 31.7 Å². The maximum atomic E-state index is 13.0. The molecule has 6 rings (SSSR count). The number of ether oxygens (including phenoxy) is 3. The summed E-state index contributed by atoms with van der Waals surface area (Å²) < 4.78 is 18.0. The van der Waals surface area contributed by atoms with E-state index >= 15 is 0 Å². The quantitative estimate of drug-likeness (QED) is 0.265. The summed E-state index contributed by atoms with van der Waals surface area (Å²) in [6.45, 7) is 4.30. The highest BCUT2D eigenvalue weighted by Gasteiger charge is 2.39. The zero-order valence-corrected chi connectivity index (χ0v) is 21.8. The van der Waals surface area contributed by atoms with Crippen molar-refractivity contribution in [1.82, 2.24) is 0 Å². The number of hydrogen-bond acceptors (Lipinski definition) is 5. The first kappa shape index (κ1) is 24.1. The molecule has 0 amide bonds. The van der Waals surface area contributed by atoms with Crippen molar-refractivity contribution in [2.45, 2.75) is 25.4 Å². The van der Waals surface area contributed by atoms with E-state index in [1.54, 1.807) is 7.11 Å².